The predicted octanol–water partition coefficient (Wildman–Crippen LogP) is 3.53. The summed E-state index contributed by atoms with van der Waals surface area (Å²) in [7, 11) is 1.32. The van der Waals surface area contributed by atoms with Crippen LogP contribution in [-0.4, -0.2) is 30.6 Å². The number of halogens is 1. The lowest BCUT2D eigenvalue weighted by atomic mass is 10.0. The maximum absolute atomic E-state index is 14.1. The molecule has 0 fully saturated rings. The zero-order chi connectivity index (χ0) is 17.1. The minimum absolute atomic E-state index is 0.00995. The second-order valence-corrected chi connectivity index (χ2v) is 6.13. The van der Waals surface area contributed by atoms with Crippen molar-refractivity contribution in [3.63, 3.8) is 0 Å². The minimum atomic E-state index is -0.826. The minimum Gasteiger partial charge on any atom is -0.502 e. The number of esters is 1. The zero-order valence-corrected chi connectivity index (χ0v) is 13.8. The number of methoxy groups -OCH3 is 1. The molecule has 5 nitrogen and oxygen atoms in total. The molecule has 0 aliphatic carbocycles. The fraction of sp³-hybridized carbons (Fsp3) is 0.375. The molecule has 0 spiro atoms. The van der Waals surface area contributed by atoms with Crippen molar-refractivity contribution in [1.82, 2.24) is 0 Å². The summed E-state index contributed by atoms with van der Waals surface area (Å²) in [5, 5.41) is 9.83. The lowest BCUT2D eigenvalue weighted by Gasteiger charge is -2.08. The van der Waals surface area contributed by atoms with Crippen LogP contribution >= 0.6 is 11.3 Å². The van der Waals surface area contributed by atoms with Crippen molar-refractivity contribution in [1.29, 1.82) is 0 Å². The maximum Gasteiger partial charge on any atom is 0.309 e. The number of hydrogen-bond donors (Lipinski definition) is 1. The lowest BCUT2D eigenvalue weighted by Crippen LogP contribution is -2.17. The second kappa shape index (κ2) is 6.95. The number of Topliss-reactive ketones (excluding diaryl/α,β-unsaturated/α-hetero) is 1. The van der Waals surface area contributed by atoms with E-state index in [-0.39, 0.29) is 29.9 Å². The van der Waals surface area contributed by atoms with Gasteiger partial charge >= 0.3 is 5.97 Å². The third-order valence-electron chi connectivity index (χ3n) is 3.38. The molecule has 0 aliphatic heterocycles. The van der Waals surface area contributed by atoms with Gasteiger partial charge in [-0.05, 0) is 13.0 Å². The van der Waals surface area contributed by atoms with E-state index in [4.69, 9.17) is 9.47 Å². The zero-order valence-electron chi connectivity index (χ0n) is 13.0. The van der Waals surface area contributed by atoms with Crippen LogP contribution < -0.4 is 4.74 Å². The highest BCUT2D eigenvalue weighted by molar-refractivity contribution is 7.20. The Morgan fingerprint density at radius 1 is 1.39 bits per heavy atom. The van der Waals surface area contributed by atoms with Gasteiger partial charge < -0.3 is 14.6 Å². The number of hydrogen-bond acceptors (Lipinski definition) is 6. The van der Waals surface area contributed by atoms with Gasteiger partial charge in [0.15, 0.2) is 23.1 Å². The Balaban J connectivity index is 2.28. The van der Waals surface area contributed by atoms with Gasteiger partial charge in [0.1, 0.15) is 0 Å². The SMILES string of the molecule is CCOC(=O)[C@@H](C)CC(=O)c1cc2c(F)c(O)c(OC)cc2s1. The summed E-state index contributed by atoms with van der Waals surface area (Å²) in [4.78, 5) is 24.2. The van der Waals surface area contributed by atoms with Crippen molar-refractivity contribution in [3.05, 3.63) is 22.8 Å². The Kier molecular flexibility index (Phi) is 5.20. The van der Waals surface area contributed by atoms with Gasteiger partial charge in [-0.2, -0.15) is 0 Å². The molecule has 0 saturated carbocycles. The highest BCUT2D eigenvalue weighted by Crippen LogP contribution is 2.39. The Labute approximate surface area is 136 Å². The molecule has 7 heteroatoms. The molecule has 0 radical (unpaired) electrons. The summed E-state index contributed by atoms with van der Waals surface area (Å²) < 4.78 is 24.4. The Hall–Kier alpha value is -2.15. The predicted molar refractivity (Wildman–Crippen MR) is 84.7 cm³/mol. The summed E-state index contributed by atoms with van der Waals surface area (Å²) in [6.07, 6.45) is -0.0175. The number of rotatable bonds is 6. The second-order valence-electron chi connectivity index (χ2n) is 5.04. The van der Waals surface area contributed by atoms with E-state index in [2.05, 4.69) is 0 Å². The van der Waals surface area contributed by atoms with Crippen molar-refractivity contribution >= 4 is 33.2 Å². The van der Waals surface area contributed by atoms with Crippen molar-refractivity contribution in [2.75, 3.05) is 13.7 Å². The number of ether oxygens (including phenoxy) is 2. The van der Waals surface area contributed by atoms with Gasteiger partial charge in [0, 0.05) is 22.6 Å². The third kappa shape index (κ3) is 3.44. The highest BCUT2D eigenvalue weighted by atomic mass is 32.1. The first-order valence-electron chi connectivity index (χ1n) is 7.07. The average Bonchev–Trinajstić information content (AvgIpc) is 2.95. The van der Waals surface area contributed by atoms with Gasteiger partial charge in [0.2, 0.25) is 0 Å². The van der Waals surface area contributed by atoms with Crippen molar-refractivity contribution in [3.8, 4) is 11.5 Å². The summed E-state index contributed by atoms with van der Waals surface area (Å²) in [6, 6.07) is 2.86. The molecule has 0 bridgehead atoms. The monoisotopic (exact) mass is 340 g/mol. The fourth-order valence-electron chi connectivity index (χ4n) is 2.15. The van der Waals surface area contributed by atoms with Crippen LogP contribution in [0.2, 0.25) is 0 Å². The molecule has 1 aromatic heterocycles. The van der Waals surface area contributed by atoms with E-state index in [1.54, 1.807) is 13.8 Å². The standard InChI is InChI=1S/C16H17FO5S/c1-4-22-16(20)8(2)5-10(18)13-6-9-12(23-13)7-11(21-3)15(19)14(9)17/h6-8,19H,4-5H2,1-3H3/t8-/m0/s1. The number of fused-ring (bicyclic) bond motifs is 1. The first-order valence-corrected chi connectivity index (χ1v) is 7.89. The van der Waals surface area contributed by atoms with Crippen molar-refractivity contribution < 1.29 is 28.6 Å². The number of aromatic hydroxyl groups is 1. The van der Waals surface area contributed by atoms with Crippen LogP contribution in [0.1, 0.15) is 29.9 Å². The summed E-state index contributed by atoms with van der Waals surface area (Å²) in [5.41, 5.74) is 0. The van der Waals surface area contributed by atoms with Crippen LogP contribution in [0.15, 0.2) is 12.1 Å². The molecule has 0 amide bonds. The number of benzene rings is 1. The van der Waals surface area contributed by atoms with Crippen LogP contribution in [0.5, 0.6) is 11.5 Å². The third-order valence-corrected chi connectivity index (χ3v) is 4.50. The molecule has 1 atom stereocenters. The molecule has 2 aromatic rings. The molecular weight excluding hydrogens is 323 g/mol. The normalized spacial score (nSPS) is 12.2. The lowest BCUT2D eigenvalue weighted by molar-refractivity contribution is -0.147. The van der Waals surface area contributed by atoms with Gasteiger partial charge in [0.25, 0.3) is 0 Å². The first kappa shape index (κ1) is 17.2. The van der Waals surface area contributed by atoms with Crippen molar-refractivity contribution in [2.24, 2.45) is 5.92 Å². The number of phenolic OH excluding ortho intramolecular Hbond substituents is 1. The number of thiophene rings is 1. The molecule has 1 aromatic carbocycles. The van der Waals surface area contributed by atoms with Crippen LogP contribution in [0, 0.1) is 11.7 Å². The molecule has 0 aliphatic rings. The van der Waals surface area contributed by atoms with E-state index in [1.165, 1.54) is 19.2 Å². The molecule has 2 rings (SSSR count). The van der Waals surface area contributed by atoms with Crippen LogP contribution in [0.4, 0.5) is 4.39 Å². The van der Waals surface area contributed by atoms with Crippen molar-refractivity contribution in [2.45, 2.75) is 20.3 Å². The summed E-state index contributed by atoms with van der Waals surface area (Å²) >= 11 is 1.09. The number of carbonyl (C=O) groups excluding carboxylic acids is 2. The van der Waals surface area contributed by atoms with E-state index < -0.39 is 23.5 Å². The largest absolute Gasteiger partial charge is 0.502 e. The van der Waals surface area contributed by atoms with Gasteiger partial charge in [-0.25, -0.2) is 4.39 Å². The van der Waals surface area contributed by atoms with Crippen LogP contribution in [0.25, 0.3) is 10.1 Å². The molecule has 1 N–H and O–H groups in total. The van der Waals surface area contributed by atoms with Gasteiger partial charge in [-0.3, -0.25) is 9.59 Å². The number of phenols is 1. The number of carbonyl (C=O) groups is 2. The molecular formula is C16H17FO5S. The van der Waals surface area contributed by atoms with Crippen LogP contribution in [0.3, 0.4) is 0 Å². The molecule has 1 heterocycles. The van der Waals surface area contributed by atoms with E-state index in [9.17, 15) is 19.1 Å². The maximum atomic E-state index is 14.1. The van der Waals surface area contributed by atoms with E-state index in [0.717, 1.165) is 11.3 Å². The summed E-state index contributed by atoms with van der Waals surface area (Å²) in [5.74, 6) is -2.68. The van der Waals surface area contributed by atoms with Gasteiger partial charge in [-0.15, -0.1) is 11.3 Å². The molecule has 0 unspecified atom stereocenters. The van der Waals surface area contributed by atoms with E-state index in [0.29, 0.717) is 9.58 Å². The summed E-state index contributed by atoms with van der Waals surface area (Å²) in [6.45, 7) is 3.56. The Morgan fingerprint density at radius 3 is 2.70 bits per heavy atom. The van der Waals surface area contributed by atoms with Gasteiger partial charge in [-0.1, -0.05) is 6.92 Å². The van der Waals surface area contributed by atoms with E-state index in [1.807, 2.05) is 0 Å². The topological polar surface area (TPSA) is 72.8 Å². The quantitative estimate of drug-likeness (QED) is 0.643. The average molecular weight is 340 g/mol. The molecule has 23 heavy (non-hydrogen) atoms. The fourth-order valence-corrected chi connectivity index (χ4v) is 3.18. The molecule has 0 saturated heterocycles. The first-order chi connectivity index (χ1) is 10.9. The van der Waals surface area contributed by atoms with E-state index >= 15 is 0 Å². The van der Waals surface area contributed by atoms with Gasteiger partial charge in [0.05, 0.1) is 24.5 Å². The molecule has 124 valence electrons. The number of ketones is 1. The Bertz CT molecular complexity index is 752. The smallest absolute Gasteiger partial charge is 0.309 e. The Morgan fingerprint density at radius 2 is 2.09 bits per heavy atom. The highest BCUT2D eigenvalue weighted by Gasteiger charge is 2.22. The van der Waals surface area contributed by atoms with Crippen LogP contribution in [-0.2, 0) is 9.53 Å².